The molecule has 0 radical (unpaired) electrons. The van der Waals surface area contributed by atoms with E-state index in [0.717, 1.165) is 16.9 Å². The number of aryl methyl sites for hydroxylation is 1. The highest BCUT2D eigenvalue weighted by Crippen LogP contribution is 2.22. The second-order valence-electron chi connectivity index (χ2n) is 7.22. The fourth-order valence-corrected chi connectivity index (χ4v) is 3.22. The first-order chi connectivity index (χ1) is 15.6. The van der Waals surface area contributed by atoms with Crippen LogP contribution >= 0.6 is 0 Å². The number of anilines is 3. The maximum Gasteiger partial charge on any atom is 0.326 e. The maximum absolute atomic E-state index is 13.0. The fourth-order valence-electron chi connectivity index (χ4n) is 3.22. The molecule has 3 aromatic carbocycles. The van der Waals surface area contributed by atoms with Crippen molar-refractivity contribution in [3.63, 3.8) is 0 Å². The number of ether oxygens (including phenoxy) is 1. The monoisotopic (exact) mass is 432 g/mol. The van der Waals surface area contributed by atoms with E-state index in [1.165, 1.54) is 0 Å². The summed E-state index contributed by atoms with van der Waals surface area (Å²) < 4.78 is 5.24. The van der Waals surface area contributed by atoms with Crippen LogP contribution in [0.1, 0.15) is 12.0 Å². The quantitative estimate of drug-likeness (QED) is 0.425. The first kappa shape index (κ1) is 22.7. The zero-order valence-electron chi connectivity index (χ0n) is 18.3. The number of para-hydroxylation sites is 3. The first-order valence-corrected chi connectivity index (χ1v) is 10.4. The van der Waals surface area contributed by atoms with Crippen molar-refractivity contribution < 1.29 is 14.3 Å². The molecule has 0 saturated heterocycles. The summed E-state index contributed by atoms with van der Waals surface area (Å²) in [6.07, 6.45) is 0.579. The highest BCUT2D eigenvalue weighted by atomic mass is 16.5. The van der Waals surface area contributed by atoms with E-state index in [1.54, 1.807) is 24.1 Å². The van der Waals surface area contributed by atoms with Crippen LogP contribution in [0.2, 0.25) is 0 Å². The molecule has 3 rings (SSSR count). The van der Waals surface area contributed by atoms with Gasteiger partial charge in [0, 0.05) is 24.5 Å². The molecular formula is C25H28N4O3. The van der Waals surface area contributed by atoms with Crippen molar-refractivity contribution in [2.24, 2.45) is 0 Å². The van der Waals surface area contributed by atoms with E-state index in [-0.39, 0.29) is 12.1 Å². The number of hydrogen-bond acceptors (Lipinski definition) is 3. The summed E-state index contributed by atoms with van der Waals surface area (Å²) in [7, 11) is 1.55. The van der Waals surface area contributed by atoms with Crippen LogP contribution in [0, 0.1) is 6.92 Å². The van der Waals surface area contributed by atoms with Crippen molar-refractivity contribution in [3.8, 4) is 5.75 Å². The molecule has 0 aliphatic heterocycles. The highest BCUT2D eigenvalue weighted by Gasteiger charge is 2.16. The predicted octanol–water partition coefficient (Wildman–Crippen LogP) is 5.25. The number of carbonyl (C=O) groups is 2. The van der Waals surface area contributed by atoms with Gasteiger partial charge in [0.2, 0.25) is 0 Å². The summed E-state index contributed by atoms with van der Waals surface area (Å²) in [5.74, 6) is 0.589. The van der Waals surface area contributed by atoms with Crippen LogP contribution in [0.15, 0.2) is 78.9 Å². The summed E-state index contributed by atoms with van der Waals surface area (Å²) in [5.41, 5.74) is 3.19. The van der Waals surface area contributed by atoms with Crippen LogP contribution in [0.4, 0.5) is 26.7 Å². The Labute approximate surface area is 188 Å². The summed E-state index contributed by atoms with van der Waals surface area (Å²) in [6.45, 7) is 2.82. The zero-order chi connectivity index (χ0) is 22.8. The number of benzene rings is 3. The molecule has 7 heteroatoms. The number of methoxy groups -OCH3 is 1. The molecule has 0 aliphatic rings. The Morgan fingerprint density at radius 2 is 1.66 bits per heavy atom. The van der Waals surface area contributed by atoms with Gasteiger partial charge in [0.25, 0.3) is 0 Å². The van der Waals surface area contributed by atoms with E-state index in [1.807, 2.05) is 73.7 Å². The molecule has 32 heavy (non-hydrogen) atoms. The third-order valence-corrected chi connectivity index (χ3v) is 4.78. The zero-order valence-corrected chi connectivity index (χ0v) is 18.3. The number of nitrogens with one attached hydrogen (secondary N) is 3. The van der Waals surface area contributed by atoms with Crippen molar-refractivity contribution in [2.75, 3.05) is 35.7 Å². The number of nitrogens with zero attached hydrogens (tertiary/aromatic N) is 1. The van der Waals surface area contributed by atoms with E-state index < -0.39 is 0 Å². The Balaban J connectivity index is 1.56. The lowest BCUT2D eigenvalue weighted by Crippen LogP contribution is -2.38. The van der Waals surface area contributed by atoms with Crippen molar-refractivity contribution in [3.05, 3.63) is 84.4 Å². The van der Waals surface area contributed by atoms with Crippen LogP contribution < -0.4 is 25.6 Å². The van der Waals surface area contributed by atoms with Crippen LogP contribution in [0.3, 0.4) is 0 Å². The summed E-state index contributed by atoms with van der Waals surface area (Å²) in [5, 5.41) is 8.55. The van der Waals surface area contributed by atoms with Gasteiger partial charge in [-0.15, -0.1) is 0 Å². The minimum atomic E-state index is -0.329. The molecule has 0 bridgehead atoms. The molecule has 7 nitrogen and oxygen atoms in total. The van der Waals surface area contributed by atoms with Gasteiger partial charge < -0.3 is 20.7 Å². The number of amides is 4. The summed E-state index contributed by atoms with van der Waals surface area (Å²) >= 11 is 0. The van der Waals surface area contributed by atoms with Crippen LogP contribution in [0.5, 0.6) is 5.75 Å². The minimum absolute atomic E-state index is 0.222. The molecular weight excluding hydrogens is 404 g/mol. The van der Waals surface area contributed by atoms with Crippen LogP contribution in [-0.4, -0.2) is 32.3 Å². The number of carbonyl (C=O) groups excluding carboxylic acids is 2. The molecule has 0 atom stereocenters. The molecule has 3 aromatic rings. The lowest BCUT2D eigenvalue weighted by atomic mass is 10.2. The normalized spacial score (nSPS) is 10.2. The molecule has 0 unspecified atom stereocenters. The predicted molar refractivity (Wildman–Crippen MR) is 129 cm³/mol. The van der Waals surface area contributed by atoms with E-state index >= 15 is 0 Å². The number of hydrogen-bond donors (Lipinski definition) is 3. The fraction of sp³-hybridized carbons (Fsp3) is 0.200. The molecule has 0 saturated carbocycles. The van der Waals surface area contributed by atoms with E-state index in [0.29, 0.717) is 30.9 Å². The molecule has 3 N–H and O–H groups in total. The Kier molecular flexibility index (Phi) is 8.09. The van der Waals surface area contributed by atoms with Gasteiger partial charge in [-0.2, -0.15) is 0 Å². The topological polar surface area (TPSA) is 82.7 Å². The highest BCUT2D eigenvalue weighted by molar-refractivity contribution is 6.01. The van der Waals surface area contributed by atoms with Gasteiger partial charge >= 0.3 is 12.1 Å². The molecule has 0 fully saturated rings. The summed E-state index contributed by atoms with van der Waals surface area (Å²) in [6, 6.07) is 23.8. The lowest BCUT2D eigenvalue weighted by Gasteiger charge is -2.23. The second kappa shape index (κ2) is 11.4. The minimum Gasteiger partial charge on any atom is -0.495 e. The van der Waals surface area contributed by atoms with Gasteiger partial charge in [-0.1, -0.05) is 42.5 Å². The third kappa shape index (κ3) is 6.50. The molecule has 166 valence electrons. The first-order valence-electron chi connectivity index (χ1n) is 10.4. The number of urea groups is 2. The summed E-state index contributed by atoms with van der Waals surface area (Å²) in [4.78, 5) is 26.9. The molecule has 4 amide bonds. The van der Waals surface area contributed by atoms with Crippen molar-refractivity contribution in [1.29, 1.82) is 0 Å². The largest absolute Gasteiger partial charge is 0.495 e. The standard InChI is InChI=1S/C25H28N4O3/c1-19-10-8-11-20(18-19)27-25(31)29(21-12-4-3-5-13-21)17-9-16-26-24(30)28-22-14-6-7-15-23(22)32-2/h3-8,10-15,18H,9,16-17H2,1-2H3,(H,27,31)(H2,26,28,30). The van der Waals surface area contributed by atoms with Gasteiger partial charge in [0.15, 0.2) is 0 Å². The van der Waals surface area contributed by atoms with Gasteiger partial charge in [0.05, 0.1) is 12.8 Å². The van der Waals surface area contributed by atoms with E-state index in [2.05, 4.69) is 16.0 Å². The van der Waals surface area contributed by atoms with Crippen LogP contribution in [-0.2, 0) is 0 Å². The van der Waals surface area contributed by atoms with Gasteiger partial charge in [-0.3, -0.25) is 4.90 Å². The van der Waals surface area contributed by atoms with Gasteiger partial charge in [0.1, 0.15) is 5.75 Å². The molecule has 0 aliphatic carbocycles. The SMILES string of the molecule is COc1ccccc1NC(=O)NCCCN(C(=O)Nc1cccc(C)c1)c1ccccc1. The molecule has 0 spiro atoms. The Bertz CT molecular complexity index is 1040. The van der Waals surface area contributed by atoms with Crippen LogP contribution in [0.25, 0.3) is 0 Å². The van der Waals surface area contributed by atoms with E-state index in [4.69, 9.17) is 4.74 Å². The van der Waals surface area contributed by atoms with Gasteiger partial charge in [-0.25, -0.2) is 9.59 Å². The number of rotatable bonds is 8. The average molecular weight is 433 g/mol. The Hall–Kier alpha value is -4.00. The van der Waals surface area contributed by atoms with E-state index in [9.17, 15) is 9.59 Å². The lowest BCUT2D eigenvalue weighted by molar-refractivity contribution is 0.252. The van der Waals surface area contributed by atoms with Crippen molar-refractivity contribution in [2.45, 2.75) is 13.3 Å². The Morgan fingerprint density at radius 3 is 2.41 bits per heavy atom. The second-order valence-corrected chi connectivity index (χ2v) is 7.22. The third-order valence-electron chi connectivity index (χ3n) is 4.78. The average Bonchev–Trinajstić information content (AvgIpc) is 2.80. The Morgan fingerprint density at radius 1 is 0.906 bits per heavy atom. The van der Waals surface area contributed by atoms with Gasteiger partial charge in [-0.05, 0) is 55.3 Å². The smallest absolute Gasteiger partial charge is 0.326 e. The van der Waals surface area contributed by atoms with Crippen molar-refractivity contribution in [1.82, 2.24) is 5.32 Å². The molecule has 0 aromatic heterocycles. The van der Waals surface area contributed by atoms with Crippen molar-refractivity contribution >= 4 is 29.1 Å². The molecule has 0 heterocycles. The maximum atomic E-state index is 13.0.